The predicted molar refractivity (Wildman–Crippen MR) is 207 cm³/mol. The van der Waals surface area contributed by atoms with Crippen LogP contribution in [-0.4, -0.2) is 65.4 Å². The highest BCUT2D eigenvalue weighted by atomic mass is 32.1. The van der Waals surface area contributed by atoms with Gasteiger partial charge in [-0.25, -0.2) is 4.98 Å². The number of benzene rings is 1. The predicted octanol–water partition coefficient (Wildman–Crippen LogP) is 7.49. The van der Waals surface area contributed by atoms with Gasteiger partial charge in [-0.15, -0.1) is 11.3 Å². The van der Waals surface area contributed by atoms with Crippen LogP contribution in [0.15, 0.2) is 79.4 Å². The van der Waals surface area contributed by atoms with Gasteiger partial charge in [-0.3, -0.25) is 24.4 Å². The van der Waals surface area contributed by atoms with Gasteiger partial charge in [0.05, 0.1) is 32.9 Å². The molecule has 0 bridgehead atoms. The monoisotopic (exact) mass is 726 g/mol. The largest absolute Gasteiger partial charge is 0.381 e. The van der Waals surface area contributed by atoms with Crippen molar-refractivity contribution in [2.45, 2.75) is 52.4 Å². The SMILES string of the molecule is Cc1cnc(N2CC3(CCOCC3)C2)c(C(=O)CCCc2ccc(C(=O)N3CCc4cc(C(=O)Nc5cnccc5C)sc4-c4ncccc43)cc2)c1. The molecule has 1 aromatic carbocycles. The van der Waals surface area contributed by atoms with Crippen LogP contribution in [0.2, 0.25) is 0 Å². The normalized spacial score (nSPS) is 16.0. The van der Waals surface area contributed by atoms with Crippen LogP contribution < -0.4 is 15.1 Å². The Morgan fingerprint density at radius 3 is 2.57 bits per heavy atom. The zero-order valence-electron chi connectivity index (χ0n) is 30.1. The molecule has 2 saturated heterocycles. The summed E-state index contributed by atoms with van der Waals surface area (Å²) in [6.07, 6.45) is 11.5. The van der Waals surface area contributed by atoms with Gasteiger partial charge in [0.25, 0.3) is 11.8 Å². The molecule has 11 heteroatoms. The Morgan fingerprint density at radius 1 is 0.962 bits per heavy atom. The number of hydrogen-bond donors (Lipinski definition) is 1. The van der Waals surface area contributed by atoms with Crippen LogP contribution >= 0.6 is 11.3 Å². The Balaban J connectivity index is 0.907. The van der Waals surface area contributed by atoms with Gasteiger partial charge in [-0.2, -0.15) is 0 Å². The molecule has 5 aromatic rings. The number of anilines is 3. The van der Waals surface area contributed by atoms with E-state index in [1.807, 2.05) is 74.6 Å². The number of aromatic nitrogens is 3. The molecule has 3 aliphatic heterocycles. The highest BCUT2D eigenvalue weighted by molar-refractivity contribution is 7.17. The van der Waals surface area contributed by atoms with Crippen LogP contribution in [0.4, 0.5) is 17.2 Å². The van der Waals surface area contributed by atoms with Gasteiger partial charge < -0.3 is 19.9 Å². The Bertz CT molecular complexity index is 2180. The van der Waals surface area contributed by atoms with Gasteiger partial charge in [-0.05, 0) is 111 Å². The lowest BCUT2D eigenvalue weighted by atomic mass is 9.73. The molecule has 3 aliphatic rings. The van der Waals surface area contributed by atoms with Crippen LogP contribution in [-0.2, 0) is 17.6 Å². The standard InChI is InChI=1S/C42H42N6O4S/c1-27-21-32(39(45-23-27)47-25-42(26-47)14-19-52-20-15-42)35(49)7-3-5-29-8-10-30(11-9-29)41(51)48-18-13-31-22-36(40(50)46-33-24-43-17-12-28(33)2)53-38(31)37-34(48)6-4-16-44-37/h4,6,8-12,16-17,21-24H,3,5,7,13-15,18-20,25-26H2,1-2H3,(H,46,50). The molecule has 2 fully saturated rings. The van der Waals surface area contributed by atoms with E-state index in [0.29, 0.717) is 58.6 Å². The summed E-state index contributed by atoms with van der Waals surface area (Å²) in [6, 6.07) is 17.2. The summed E-state index contributed by atoms with van der Waals surface area (Å²) in [5, 5.41) is 2.98. The lowest BCUT2D eigenvalue weighted by Gasteiger charge is -2.53. The molecule has 8 rings (SSSR count). The Hall–Kier alpha value is -5.26. The van der Waals surface area contributed by atoms with E-state index in [-0.39, 0.29) is 17.6 Å². The average molecular weight is 727 g/mol. The summed E-state index contributed by atoms with van der Waals surface area (Å²) in [4.78, 5) is 59.7. The van der Waals surface area contributed by atoms with Gasteiger partial charge in [0.2, 0.25) is 0 Å². The van der Waals surface area contributed by atoms with E-state index in [2.05, 4.69) is 20.2 Å². The summed E-state index contributed by atoms with van der Waals surface area (Å²) < 4.78 is 5.58. The topological polar surface area (TPSA) is 118 Å². The number of hydrogen-bond acceptors (Lipinski definition) is 9. The quantitative estimate of drug-likeness (QED) is 0.155. The third kappa shape index (κ3) is 7.11. The maximum absolute atomic E-state index is 14.0. The highest BCUT2D eigenvalue weighted by Gasteiger charge is 2.45. The Morgan fingerprint density at radius 2 is 1.77 bits per heavy atom. The molecule has 270 valence electrons. The van der Waals surface area contributed by atoms with Crippen molar-refractivity contribution in [1.82, 2.24) is 15.0 Å². The van der Waals surface area contributed by atoms with E-state index in [9.17, 15) is 14.4 Å². The second-order valence-corrected chi connectivity index (χ2v) is 15.6. The van der Waals surface area contributed by atoms with Crippen molar-refractivity contribution in [2.24, 2.45) is 5.41 Å². The van der Waals surface area contributed by atoms with Crippen molar-refractivity contribution in [3.63, 3.8) is 0 Å². The van der Waals surface area contributed by atoms with Crippen LogP contribution in [0.25, 0.3) is 10.6 Å². The van der Waals surface area contributed by atoms with E-state index in [0.717, 1.165) is 84.2 Å². The van der Waals surface area contributed by atoms with Crippen LogP contribution in [0.3, 0.4) is 0 Å². The molecule has 1 spiro atoms. The molecule has 1 N–H and O–H groups in total. The molecule has 53 heavy (non-hydrogen) atoms. The number of pyridine rings is 3. The first-order chi connectivity index (χ1) is 25.8. The van der Waals surface area contributed by atoms with Crippen molar-refractivity contribution in [3.8, 4) is 10.6 Å². The summed E-state index contributed by atoms with van der Waals surface area (Å²) >= 11 is 1.39. The lowest BCUT2D eigenvalue weighted by Crippen LogP contribution is -2.59. The van der Waals surface area contributed by atoms with Gasteiger partial charge in [0, 0.05) is 68.8 Å². The van der Waals surface area contributed by atoms with Crippen molar-refractivity contribution in [1.29, 1.82) is 0 Å². The summed E-state index contributed by atoms with van der Waals surface area (Å²) in [6.45, 7) is 7.85. The molecule has 4 aromatic heterocycles. The molecular formula is C42H42N6O4S. The van der Waals surface area contributed by atoms with Gasteiger partial charge >= 0.3 is 0 Å². The van der Waals surface area contributed by atoms with Gasteiger partial charge in [0.1, 0.15) is 11.5 Å². The van der Waals surface area contributed by atoms with Gasteiger partial charge in [-0.1, -0.05) is 12.1 Å². The summed E-state index contributed by atoms with van der Waals surface area (Å²) in [7, 11) is 0. The van der Waals surface area contributed by atoms with Gasteiger partial charge in [0.15, 0.2) is 5.78 Å². The number of thiophene rings is 1. The van der Waals surface area contributed by atoms with Crippen molar-refractivity contribution >= 4 is 46.1 Å². The minimum atomic E-state index is -0.193. The van der Waals surface area contributed by atoms with E-state index < -0.39 is 0 Å². The molecule has 0 saturated carbocycles. The number of carbonyl (C=O) groups is 3. The first-order valence-electron chi connectivity index (χ1n) is 18.3. The number of nitrogens with zero attached hydrogens (tertiary/aromatic N) is 5. The molecule has 0 aliphatic carbocycles. The summed E-state index contributed by atoms with van der Waals surface area (Å²) in [5.74, 6) is 0.632. The Labute approximate surface area is 313 Å². The fourth-order valence-electron chi connectivity index (χ4n) is 7.67. The second-order valence-electron chi connectivity index (χ2n) is 14.5. The molecule has 10 nitrogen and oxygen atoms in total. The average Bonchev–Trinajstić information content (AvgIpc) is 3.53. The number of aryl methyl sites for hydroxylation is 3. The highest BCUT2D eigenvalue weighted by Crippen LogP contribution is 2.43. The molecule has 0 unspecified atom stereocenters. The molecular weight excluding hydrogens is 685 g/mol. The van der Waals surface area contributed by atoms with Crippen LogP contribution in [0, 0.1) is 19.3 Å². The fraction of sp³-hybridized carbons (Fsp3) is 0.333. The van der Waals surface area contributed by atoms with E-state index in [4.69, 9.17) is 9.72 Å². The van der Waals surface area contributed by atoms with E-state index in [1.54, 1.807) is 23.5 Å². The smallest absolute Gasteiger partial charge is 0.265 e. The minimum Gasteiger partial charge on any atom is -0.381 e. The molecule has 0 radical (unpaired) electrons. The number of nitrogens with one attached hydrogen (secondary N) is 1. The zero-order valence-corrected chi connectivity index (χ0v) is 30.9. The van der Waals surface area contributed by atoms with E-state index in [1.165, 1.54) is 11.3 Å². The van der Waals surface area contributed by atoms with E-state index >= 15 is 0 Å². The molecule has 2 amide bonds. The number of carbonyl (C=O) groups excluding carboxylic acids is 3. The zero-order chi connectivity index (χ0) is 36.5. The minimum absolute atomic E-state index is 0.103. The third-order valence-electron chi connectivity index (χ3n) is 10.7. The van der Waals surface area contributed by atoms with Crippen molar-refractivity contribution in [2.75, 3.05) is 48.0 Å². The second kappa shape index (κ2) is 14.6. The summed E-state index contributed by atoms with van der Waals surface area (Å²) in [5.41, 5.74) is 7.69. The Kier molecular flexibility index (Phi) is 9.61. The number of ketones is 1. The maximum atomic E-state index is 14.0. The number of amides is 2. The number of rotatable bonds is 9. The first-order valence-corrected chi connectivity index (χ1v) is 19.1. The number of Topliss-reactive ketones (excluding diaryl/α,β-unsaturated/α-hetero) is 1. The van der Waals surface area contributed by atoms with Crippen LogP contribution in [0.5, 0.6) is 0 Å². The molecule has 0 atom stereocenters. The van der Waals surface area contributed by atoms with Crippen molar-refractivity contribution < 1.29 is 19.1 Å². The maximum Gasteiger partial charge on any atom is 0.265 e. The molecule has 7 heterocycles. The van der Waals surface area contributed by atoms with Crippen LogP contribution in [0.1, 0.15) is 78.3 Å². The van der Waals surface area contributed by atoms with Crippen molar-refractivity contribution in [3.05, 3.63) is 118 Å². The fourth-order valence-corrected chi connectivity index (χ4v) is 8.78. The lowest BCUT2D eigenvalue weighted by molar-refractivity contribution is -0.000516. The number of ether oxygens (including phenoxy) is 1. The number of fused-ring (bicyclic) bond motifs is 3. The third-order valence-corrected chi connectivity index (χ3v) is 11.9. The first kappa shape index (κ1) is 34.8.